The van der Waals surface area contributed by atoms with Crippen molar-refractivity contribution in [3.8, 4) is 0 Å². The Labute approximate surface area is 100 Å². The number of nitrogens with one attached hydrogen (secondary N) is 1. The molecule has 0 saturated carbocycles. The maximum atomic E-state index is 13.3. The van der Waals surface area contributed by atoms with E-state index in [4.69, 9.17) is 0 Å². The molecule has 0 aromatic heterocycles. The Morgan fingerprint density at radius 2 is 1.94 bits per heavy atom. The number of aryl methyl sites for hydroxylation is 1. The lowest BCUT2D eigenvalue weighted by atomic mass is 9.95. The third kappa shape index (κ3) is 1.75. The number of halogens is 1. The van der Waals surface area contributed by atoms with Crippen LogP contribution in [0.25, 0.3) is 0 Å². The van der Waals surface area contributed by atoms with Crippen LogP contribution in [0.1, 0.15) is 28.3 Å². The van der Waals surface area contributed by atoms with E-state index in [9.17, 15) is 4.39 Å². The zero-order chi connectivity index (χ0) is 11.8. The van der Waals surface area contributed by atoms with Crippen molar-refractivity contribution in [3.05, 3.63) is 70.5 Å². The molecule has 1 atom stereocenters. The van der Waals surface area contributed by atoms with Crippen LogP contribution in [0.3, 0.4) is 0 Å². The second kappa shape index (κ2) is 3.97. The Morgan fingerprint density at radius 3 is 2.82 bits per heavy atom. The second-order valence-corrected chi connectivity index (χ2v) is 4.51. The predicted molar refractivity (Wildman–Crippen MR) is 66.3 cm³/mol. The molecule has 1 unspecified atom stereocenters. The summed E-state index contributed by atoms with van der Waals surface area (Å²) in [6.45, 7) is 2.88. The lowest BCUT2D eigenvalue weighted by molar-refractivity contribution is 0.612. The van der Waals surface area contributed by atoms with Gasteiger partial charge >= 0.3 is 0 Å². The molecule has 0 amide bonds. The average Bonchev–Trinajstić information content (AvgIpc) is 2.76. The van der Waals surface area contributed by atoms with Gasteiger partial charge in [-0.3, -0.25) is 0 Å². The van der Waals surface area contributed by atoms with Crippen molar-refractivity contribution in [3.63, 3.8) is 0 Å². The largest absolute Gasteiger partial charge is 0.302 e. The zero-order valence-electron chi connectivity index (χ0n) is 9.70. The van der Waals surface area contributed by atoms with E-state index in [0.29, 0.717) is 0 Å². The van der Waals surface area contributed by atoms with Crippen LogP contribution in [0.2, 0.25) is 0 Å². The van der Waals surface area contributed by atoms with Gasteiger partial charge in [-0.05, 0) is 41.3 Å². The maximum Gasteiger partial charge on any atom is 0.123 e. The number of fused-ring (bicyclic) bond motifs is 1. The van der Waals surface area contributed by atoms with Gasteiger partial charge in [-0.15, -0.1) is 0 Å². The highest BCUT2D eigenvalue weighted by molar-refractivity contribution is 5.43. The third-order valence-corrected chi connectivity index (χ3v) is 3.42. The number of benzene rings is 2. The molecule has 17 heavy (non-hydrogen) atoms. The van der Waals surface area contributed by atoms with Crippen LogP contribution in [0.4, 0.5) is 4.39 Å². The van der Waals surface area contributed by atoms with Crippen LogP contribution < -0.4 is 5.32 Å². The molecule has 1 nitrogen and oxygen atoms in total. The lowest BCUT2D eigenvalue weighted by Gasteiger charge is -2.15. The first-order chi connectivity index (χ1) is 8.25. The Morgan fingerprint density at radius 1 is 1.12 bits per heavy atom. The summed E-state index contributed by atoms with van der Waals surface area (Å²) in [5, 5.41) is 3.44. The summed E-state index contributed by atoms with van der Waals surface area (Å²) in [6, 6.07) is 13.4. The van der Waals surface area contributed by atoms with Crippen LogP contribution in [0.15, 0.2) is 42.5 Å². The minimum absolute atomic E-state index is 0.127. The summed E-state index contributed by atoms with van der Waals surface area (Å²) in [4.78, 5) is 0. The molecule has 2 aromatic carbocycles. The molecule has 2 heteroatoms. The SMILES string of the molecule is Cc1ccc(F)cc1C1NCc2ccccc21. The third-order valence-electron chi connectivity index (χ3n) is 3.42. The minimum atomic E-state index is -0.170. The molecule has 2 aromatic rings. The summed E-state index contributed by atoms with van der Waals surface area (Å²) < 4.78 is 13.3. The van der Waals surface area contributed by atoms with Crippen molar-refractivity contribution in [2.24, 2.45) is 0 Å². The number of hydrogen-bond acceptors (Lipinski definition) is 1. The van der Waals surface area contributed by atoms with Gasteiger partial charge in [-0.2, -0.15) is 0 Å². The normalized spacial score (nSPS) is 18.1. The second-order valence-electron chi connectivity index (χ2n) is 4.51. The molecule has 1 heterocycles. The Balaban J connectivity index is 2.10. The summed E-state index contributed by atoms with van der Waals surface area (Å²) in [5.41, 5.74) is 4.73. The van der Waals surface area contributed by atoms with Gasteiger partial charge < -0.3 is 5.32 Å². The van der Waals surface area contributed by atoms with Crippen LogP contribution in [-0.2, 0) is 6.54 Å². The maximum absolute atomic E-state index is 13.3. The van der Waals surface area contributed by atoms with Crippen LogP contribution >= 0.6 is 0 Å². The topological polar surface area (TPSA) is 12.0 Å². The summed E-state index contributed by atoms with van der Waals surface area (Å²) in [5.74, 6) is -0.170. The summed E-state index contributed by atoms with van der Waals surface area (Å²) in [6.07, 6.45) is 0. The molecule has 1 aliphatic rings. The molecule has 1 N–H and O–H groups in total. The van der Waals surface area contributed by atoms with Gasteiger partial charge in [0, 0.05) is 6.54 Å². The van der Waals surface area contributed by atoms with E-state index in [2.05, 4.69) is 17.4 Å². The quantitative estimate of drug-likeness (QED) is 0.788. The molecule has 0 spiro atoms. The molecular weight excluding hydrogens is 213 g/mol. The average molecular weight is 227 g/mol. The van der Waals surface area contributed by atoms with Crippen molar-refractivity contribution in [2.75, 3.05) is 0 Å². The molecule has 0 radical (unpaired) electrons. The Kier molecular flexibility index (Phi) is 2.45. The Bertz CT molecular complexity index is 563. The van der Waals surface area contributed by atoms with Crippen LogP contribution in [0.5, 0.6) is 0 Å². The summed E-state index contributed by atoms with van der Waals surface area (Å²) >= 11 is 0. The predicted octanol–water partition coefficient (Wildman–Crippen LogP) is 3.33. The van der Waals surface area contributed by atoms with Crippen molar-refractivity contribution in [1.82, 2.24) is 5.32 Å². The van der Waals surface area contributed by atoms with Gasteiger partial charge in [0.2, 0.25) is 0 Å². The highest BCUT2D eigenvalue weighted by atomic mass is 19.1. The molecular formula is C15H14FN. The Hall–Kier alpha value is -1.67. The minimum Gasteiger partial charge on any atom is -0.302 e. The van der Waals surface area contributed by atoms with Crippen molar-refractivity contribution >= 4 is 0 Å². The van der Waals surface area contributed by atoms with Gasteiger partial charge in [0.05, 0.1) is 6.04 Å². The lowest BCUT2D eigenvalue weighted by Crippen LogP contribution is -2.14. The van der Waals surface area contributed by atoms with Crippen molar-refractivity contribution in [1.29, 1.82) is 0 Å². The van der Waals surface area contributed by atoms with E-state index in [-0.39, 0.29) is 11.9 Å². The highest BCUT2D eigenvalue weighted by Gasteiger charge is 2.24. The first-order valence-electron chi connectivity index (χ1n) is 5.83. The van der Waals surface area contributed by atoms with E-state index in [0.717, 1.165) is 17.7 Å². The molecule has 3 rings (SSSR count). The van der Waals surface area contributed by atoms with Gasteiger partial charge in [0.25, 0.3) is 0 Å². The fourth-order valence-electron chi connectivity index (χ4n) is 2.50. The molecule has 1 aliphatic heterocycles. The van der Waals surface area contributed by atoms with Crippen LogP contribution in [-0.4, -0.2) is 0 Å². The van der Waals surface area contributed by atoms with E-state index in [1.807, 2.05) is 25.1 Å². The van der Waals surface area contributed by atoms with E-state index < -0.39 is 0 Å². The molecule has 0 fully saturated rings. The number of rotatable bonds is 1. The standard InChI is InChI=1S/C15H14FN/c1-10-6-7-12(16)8-14(10)15-13-5-3-2-4-11(13)9-17-15/h2-8,15,17H,9H2,1H3. The first-order valence-corrected chi connectivity index (χ1v) is 5.83. The van der Waals surface area contributed by atoms with Crippen molar-refractivity contribution < 1.29 is 4.39 Å². The van der Waals surface area contributed by atoms with Gasteiger partial charge in [0.1, 0.15) is 5.82 Å². The molecule has 86 valence electrons. The van der Waals surface area contributed by atoms with Gasteiger partial charge in [-0.1, -0.05) is 30.3 Å². The smallest absolute Gasteiger partial charge is 0.123 e. The zero-order valence-corrected chi connectivity index (χ0v) is 9.70. The summed E-state index contributed by atoms with van der Waals surface area (Å²) in [7, 11) is 0. The monoisotopic (exact) mass is 227 g/mol. The highest BCUT2D eigenvalue weighted by Crippen LogP contribution is 2.32. The first kappa shape index (κ1) is 10.5. The fraction of sp³-hybridized carbons (Fsp3) is 0.200. The number of hydrogen-bond donors (Lipinski definition) is 1. The van der Waals surface area contributed by atoms with E-state index >= 15 is 0 Å². The van der Waals surface area contributed by atoms with Crippen molar-refractivity contribution in [2.45, 2.75) is 19.5 Å². The molecule has 0 bridgehead atoms. The molecule has 0 aliphatic carbocycles. The van der Waals surface area contributed by atoms with E-state index in [1.54, 1.807) is 6.07 Å². The van der Waals surface area contributed by atoms with Crippen LogP contribution in [0, 0.1) is 12.7 Å². The van der Waals surface area contributed by atoms with Gasteiger partial charge in [-0.25, -0.2) is 4.39 Å². The fourth-order valence-corrected chi connectivity index (χ4v) is 2.50. The molecule has 0 saturated heterocycles. The van der Waals surface area contributed by atoms with Gasteiger partial charge in [0.15, 0.2) is 0 Å². The van der Waals surface area contributed by atoms with E-state index in [1.165, 1.54) is 17.2 Å².